The average Bonchev–Trinajstić information content (AvgIpc) is 2.71. The number of thiophene rings is 1. The van der Waals surface area contributed by atoms with Crippen LogP contribution in [0.3, 0.4) is 0 Å². The van der Waals surface area contributed by atoms with E-state index in [2.05, 4.69) is 21.8 Å². The lowest BCUT2D eigenvalue weighted by Gasteiger charge is -1.99. The summed E-state index contributed by atoms with van der Waals surface area (Å²) in [4.78, 5) is 4.15. The molecular formula is C10H10N2S. The van der Waals surface area contributed by atoms with Crippen LogP contribution in [0.4, 0.5) is 0 Å². The molecule has 0 saturated heterocycles. The first-order chi connectivity index (χ1) is 6.40. The van der Waals surface area contributed by atoms with Gasteiger partial charge in [0.25, 0.3) is 0 Å². The second-order valence-corrected chi connectivity index (χ2v) is 3.53. The topological polar surface area (TPSA) is 38.9 Å². The van der Waals surface area contributed by atoms with E-state index in [1.165, 1.54) is 11.1 Å². The van der Waals surface area contributed by atoms with Gasteiger partial charge < -0.3 is 5.73 Å². The lowest BCUT2D eigenvalue weighted by atomic mass is 10.1. The molecule has 2 aromatic rings. The molecule has 0 aliphatic heterocycles. The van der Waals surface area contributed by atoms with Crippen molar-refractivity contribution in [3.05, 3.63) is 40.8 Å². The minimum Gasteiger partial charge on any atom is -0.325 e. The fourth-order valence-corrected chi connectivity index (χ4v) is 1.86. The molecule has 2 rings (SSSR count). The highest BCUT2D eigenvalue weighted by atomic mass is 32.1. The van der Waals surface area contributed by atoms with Gasteiger partial charge in [-0.15, -0.1) is 0 Å². The van der Waals surface area contributed by atoms with E-state index in [9.17, 15) is 0 Å². The highest BCUT2D eigenvalue weighted by Crippen LogP contribution is 2.21. The van der Waals surface area contributed by atoms with Crippen molar-refractivity contribution in [3.8, 4) is 11.1 Å². The molecule has 0 saturated carbocycles. The van der Waals surface area contributed by atoms with Crippen LogP contribution < -0.4 is 5.73 Å². The van der Waals surface area contributed by atoms with E-state index in [-0.39, 0.29) is 0 Å². The summed E-state index contributed by atoms with van der Waals surface area (Å²) in [5.74, 6) is 0. The third-order valence-electron chi connectivity index (χ3n) is 1.88. The van der Waals surface area contributed by atoms with E-state index in [1.807, 2.05) is 12.1 Å². The summed E-state index contributed by atoms with van der Waals surface area (Å²) in [6, 6.07) is 6.13. The molecule has 2 heterocycles. The van der Waals surface area contributed by atoms with Crippen LogP contribution in [-0.4, -0.2) is 4.98 Å². The molecule has 66 valence electrons. The van der Waals surface area contributed by atoms with Gasteiger partial charge in [0.05, 0.1) is 5.69 Å². The molecule has 0 bridgehead atoms. The van der Waals surface area contributed by atoms with Crippen LogP contribution in [0, 0.1) is 0 Å². The van der Waals surface area contributed by atoms with Gasteiger partial charge in [-0.1, -0.05) is 0 Å². The first-order valence-electron chi connectivity index (χ1n) is 4.08. The molecule has 0 aromatic carbocycles. The highest BCUT2D eigenvalue weighted by molar-refractivity contribution is 7.08. The summed E-state index contributed by atoms with van der Waals surface area (Å²) in [6.07, 6.45) is 1.80. The number of hydrogen-bond donors (Lipinski definition) is 1. The van der Waals surface area contributed by atoms with Gasteiger partial charge in [0.2, 0.25) is 0 Å². The van der Waals surface area contributed by atoms with E-state index in [0.29, 0.717) is 6.54 Å². The van der Waals surface area contributed by atoms with Crippen LogP contribution in [0.5, 0.6) is 0 Å². The standard InChI is InChI=1S/C10H10N2S/c11-6-10-5-8(1-3-12-10)9-2-4-13-7-9/h1-5,7H,6,11H2. The molecule has 0 fully saturated rings. The van der Waals surface area contributed by atoms with Gasteiger partial charge in [0.1, 0.15) is 0 Å². The van der Waals surface area contributed by atoms with Gasteiger partial charge in [-0.05, 0) is 40.1 Å². The maximum Gasteiger partial charge on any atom is 0.0545 e. The Kier molecular flexibility index (Phi) is 2.38. The van der Waals surface area contributed by atoms with Crippen LogP contribution in [0.15, 0.2) is 35.2 Å². The second-order valence-electron chi connectivity index (χ2n) is 2.75. The van der Waals surface area contributed by atoms with Crippen LogP contribution in [-0.2, 0) is 6.54 Å². The highest BCUT2D eigenvalue weighted by Gasteiger charge is 1.98. The molecule has 0 aliphatic carbocycles. The van der Waals surface area contributed by atoms with Gasteiger partial charge in [0.15, 0.2) is 0 Å². The maximum atomic E-state index is 5.51. The summed E-state index contributed by atoms with van der Waals surface area (Å²) < 4.78 is 0. The van der Waals surface area contributed by atoms with Gasteiger partial charge in [-0.25, -0.2) is 0 Å². The van der Waals surface area contributed by atoms with Crippen molar-refractivity contribution in [2.24, 2.45) is 5.73 Å². The fraction of sp³-hybridized carbons (Fsp3) is 0.100. The summed E-state index contributed by atoms with van der Waals surface area (Å²) >= 11 is 1.70. The number of nitrogens with zero attached hydrogens (tertiary/aromatic N) is 1. The van der Waals surface area contributed by atoms with Crippen molar-refractivity contribution < 1.29 is 0 Å². The summed E-state index contributed by atoms with van der Waals surface area (Å²) in [5.41, 5.74) is 8.88. The monoisotopic (exact) mass is 190 g/mol. The molecule has 0 atom stereocenters. The quantitative estimate of drug-likeness (QED) is 0.789. The molecule has 2 nitrogen and oxygen atoms in total. The van der Waals surface area contributed by atoms with Gasteiger partial charge in [-0.2, -0.15) is 11.3 Å². The predicted octanol–water partition coefficient (Wildman–Crippen LogP) is 2.27. The largest absolute Gasteiger partial charge is 0.325 e. The van der Waals surface area contributed by atoms with Gasteiger partial charge >= 0.3 is 0 Å². The molecule has 0 aliphatic rings. The Morgan fingerprint density at radius 3 is 2.92 bits per heavy atom. The first-order valence-corrected chi connectivity index (χ1v) is 5.02. The van der Waals surface area contributed by atoms with E-state index < -0.39 is 0 Å². The summed E-state index contributed by atoms with van der Waals surface area (Å²) in [5, 5.41) is 4.19. The molecule has 0 amide bonds. The Morgan fingerprint density at radius 1 is 1.31 bits per heavy atom. The SMILES string of the molecule is NCc1cc(-c2ccsc2)ccn1. The van der Waals surface area contributed by atoms with E-state index in [0.717, 1.165) is 5.69 Å². The average molecular weight is 190 g/mol. The van der Waals surface area contributed by atoms with Crippen molar-refractivity contribution in [2.75, 3.05) is 0 Å². The minimum atomic E-state index is 0.498. The number of rotatable bonds is 2. The zero-order valence-electron chi connectivity index (χ0n) is 7.10. The van der Waals surface area contributed by atoms with Crippen molar-refractivity contribution in [1.29, 1.82) is 0 Å². The van der Waals surface area contributed by atoms with Crippen LogP contribution in [0.25, 0.3) is 11.1 Å². The van der Waals surface area contributed by atoms with Crippen molar-refractivity contribution in [2.45, 2.75) is 6.54 Å². The van der Waals surface area contributed by atoms with Gasteiger partial charge in [-0.3, -0.25) is 4.98 Å². The lowest BCUT2D eigenvalue weighted by Crippen LogP contribution is -1.98. The molecule has 2 aromatic heterocycles. The van der Waals surface area contributed by atoms with E-state index in [4.69, 9.17) is 5.73 Å². The summed E-state index contributed by atoms with van der Waals surface area (Å²) in [7, 11) is 0. The number of pyridine rings is 1. The Morgan fingerprint density at radius 2 is 2.23 bits per heavy atom. The van der Waals surface area contributed by atoms with E-state index >= 15 is 0 Å². The van der Waals surface area contributed by atoms with Crippen LogP contribution in [0.1, 0.15) is 5.69 Å². The van der Waals surface area contributed by atoms with E-state index in [1.54, 1.807) is 17.5 Å². The molecule has 3 heteroatoms. The van der Waals surface area contributed by atoms with Crippen molar-refractivity contribution >= 4 is 11.3 Å². The smallest absolute Gasteiger partial charge is 0.0545 e. The Bertz CT molecular complexity index is 382. The maximum absolute atomic E-state index is 5.51. The Balaban J connectivity index is 2.41. The Labute approximate surface area is 81.1 Å². The molecule has 13 heavy (non-hydrogen) atoms. The number of aromatic nitrogens is 1. The predicted molar refractivity (Wildman–Crippen MR) is 55.4 cm³/mol. The number of nitrogens with two attached hydrogens (primary N) is 1. The van der Waals surface area contributed by atoms with Gasteiger partial charge in [0, 0.05) is 12.7 Å². The third-order valence-corrected chi connectivity index (χ3v) is 2.56. The lowest BCUT2D eigenvalue weighted by molar-refractivity contribution is 0.992. The molecule has 0 spiro atoms. The van der Waals surface area contributed by atoms with Crippen molar-refractivity contribution in [1.82, 2.24) is 4.98 Å². The minimum absolute atomic E-state index is 0.498. The fourth-order valence-electron chi connectivity index (χ4n) is 1.20. The molecule has 2 N–H and O–H groups in total. The normalized spacial score (nSPS) is 10.2. The van der Waals surface area contributed by atoms with Crippen LogP contribution in [0.2, 0.25) is 0 Å². The second kappa shape index (κ2) is 3.68. The third kappa shape index (κ3) is 1.76. The zero-order valence-corrected chi connectivity index (χ0v) is 7.92. The first kappa shape index (κ1) is 8.41. The molecule has 0 unspecified atom stereocenters. The summed E-state index contributed by atoms with van der Waals surface area (Å²) in [6.45, 7) is 0.498. The Hall–Kier alpha value is -1.19. The van der Waals surface area contributed by atoms with Crippen molar-refractivity contribution in [3.63, 3.8) is 0 Å². The molecule has 0 radical (unpaired) electrons. The molecular weight excluding hydrogens is 180 g/mol. The number of hydrogen-bond acceptors (Lipinski definition) is 3. The van der Waals surface area contributed by atoms with Crippen LogP contribution >= 0.6 is 11.3 Å². The zero-order chi connectivity index (χ0) is 9.10.